The van der Waals surface area contributed by atoms with Crippen molar-refractivity contribution in [3.63, 3.8) is 0 Å². The number of nitriles is 1. The maximum Gasteiger partial charge on any atom is 0.238 e. The van der Waals surface area contributed by atoms with E-state index in [1.54, 1.807) is 12.3 Å². The Kier molecular flexibility index (Phi) is 5.37. The molecule has 158 valence electrons. The molecular formula is C23H28FN5O. The number of nitrogens with one attached hydrogen (secondary N) is 2. The summed E-state index contributed by atoms with van der Waals surface area (Å²) < 4.78 is 16.6. The summed E-state index contributed by atoms with van der Waals surface area (Å²) in [6.45, 7) is 6.15. The van der Waals surface area contributed by atoms with E-state index in [1.165, 1.54) is 6.07 Å². The number of hydrogen-bond donors (Lipinski definition) is 2. The molecule has 4 atom stereocenters. The minimum atomic E-state index is -0.762. The third-order valence-corrected chi connectivity index (χ3v) is 6.19. The quantitative estimate of drug-likeness (QED) is 0.795. The Hall–Kier alpha value is -2.72. The van der Waals surface area contributed by atoms with E-state index in [0.717, 1.165) is 30.4 Å². The van der Waals surface area contributed by atoms with Crippen molar-refractivity contribution in [3.8, 4) is 17.2 Å². The van der Waals surface area contributed by atoms with Crippen molar-refractivity contribution in [2.45, 2.75) is 70.1 Å². The summed E-state index contributed by atoms with van der Waals surface area (Å²) in [6, 6.07) is 6.51. The number of fused-ring (bicyclic) bond motifs is 2. The van der Waals surface area contributed by atoms with E-state index in [1.807, 2.05) is 16.9 Å². The second-order valence-electron chi connectivity index (χ2n) is 9.46. The smallest absolute Gasteiger partial charge is 0.238 e. The molecule has 7 heteroatoms. The number of halogens is 1. The lowest BCUT2D eigenvalue weighted by Crippen LogP contribution is -2.50. The molecule has 2 N–H and O–H groups in total. The molecule has 1 saturated carbocycles. The van der Waals surface area contributed by atoms with Gasteiger partial charge in [-0.1, -0.05) is 12.1 Å². The molecule has 4 rings (SSSR count). The molecule has 0 spiro atoms. The SMILES string of the molecule is CC(C)(C)n1cc(-c2ccc(C[C@@H](C#N)NC(=O)[C@H]3N[C@@H]4CC[C@H]3C4)c(F)c2)cn1. The molecule has 1 aromatic carbocycles. The van der Waals surface area contributed by atoms with E-state index in [9.17, 15) is 14.4 Å². The molecule has 1 aliphatic heterocycles. The van der Waals surface area contributed by atoms with Gasteiger partial charge in [-0.2, -0.15) is 10.4 Å². The van der Waals surface area contributed by atoms with Crippen LogP contribution in [0.2, 0.25) is 0 Å². The van der Waals surface area contributed by atoms with Crippen LogP contribution >= 0.6 is 0 Å². The van der Waals surface area contributed by atoms with Crippen LogP contribution in [0.15, 0.2) is 30.6 Å². The van der Waals surface area contributed by atoms with Gasteiger partial charge in [0.1, 0.15) is 11.9 Å². The number of carbonyl (C=O) groups excluding carboxylic acids is 1. The highest BCUT2D eigenvalue weighted by molar-refractivity contribution is 5.83. The molecule has 2 bridgehead atoms. The summed E-state index contributed by atoms with van der Waals surface area (Å²) in [5, 5.41) is 20.0. The minimum Gasteiger partial charge on any atom is -0.339 e. The third kappa shape index (κ3) is 4.10. The number of aromatic nitrogens is 2. The van der Waals surface area contributed by atoms with Gasteiger partial charge in [-0.3, -0.25) is 9.48 Å². The van der Waals surface area contributed by atoms with E-state index >= 15 is 0 Å². The zero-order valence-electron chi connectivity index (χ0n) is 17.7. The number of benzene rings is 1. The average Bonchev–Trinajstić information content (AvgIpc) is 3.44. The summed E-state index contributed by atoms with van der Waals surface area (Å²) in [6.07, 6.45) is 6.94. The third-order valence-electron chi connectivity index (χ3n) is 6.19. The number of carbonyl (C=O) groups is 1. The first-order valence-electron chi connectivity index (χ1n) is 10.5. The summed E-state index contributed by atoms with van der Waals surface area (Å²) in [7, 11) is 0. The first-order chi connectivity index (χ1) is 14.2. The van der Waals surface area contributed by atoms with Gasteiger partial charge in [0.05, 0.1) is 23.8 Å². The summed E-state index contributed by atoms with van der Waals surface area (Å²) in [4.78, 5) is 12.6. The van der Waals surface area contributed by atoms with Gasteiger partial charge in [0.15, 0.2) is 0 Å². The van der Waals surface area contributed by atoms with E-state index < -0.39 is 6.04 Å². The summed E-state index contributed by atoms with van der Waals surface area (Å²) >= 11 is 0. The van der Waals surface area contributed by atoms with Crippen LogP contribution in [0.1, 0.15) is 45.6 Å². The highest BCUT2D eigenvalue weighted by Gasteiger charge is 2.43. The predicted octanol–water partition coefficient (Wildman–Crippen LogP) is 3.14. The number of piperidine rings is 1. The highest BCUT2D eigenvalue weighted by Crippen LogP contribution is 2.35. The Morgan fingerprint density at radius 1 is 1.40 bits per heavy atom. The lowest BCUT2D eigenvalue weighted by Gasteiger charge is -2.23. The van der Waals surface area contributed by atoms with Crippen molar-refractivity contribution in [2.75, 3.05) is 0 Å². The predicted molar refractivity (Wildman–Crippen MR) is 112 cm³/mol. The number of nitrogens with zero attached hydrogens (tertiary/aromatic N) is 3. The fourth-order valence-electron chi connectivity index (χ4n) is 4.49. The number of hydrogen-bond acceptors (Lipinski definition) is 4. The molecule has 6 nitrogen and oxygen atoms in total. The first-order valence-corrected chi connectivity index (χ1v) is 10.5. The lowest BCUT2D eigenvalue weighted by atomic mass is 9.98. The van der Waals surface area contributed by atoms with Crippen LogP contribution in [0.5, 0.6) is 0 Å². The topological polar surface area (TPSA) is 82.7 Å². The highest BCUT2D eigenvalue weighted by atomic mass is 19.1. The van der Waals surface area contributed by atoms with Crippen LogP contribution in [-0.2, 0) is 16.8 Å². The van der Waals surface area contributed by atoms with Gasteiger partial charge in [-0.15, -0.1) is 0 Å². The van der Waals surface area contributed by atoms with Crippen molar-refractivity contribution < 1.29 is 9.18 Å². The van der Waals surface area contributed by atoms with Crippen molar-refractivity contribution in [2.24, 2.45) is 5.92 Å². The van der Waals surface area contributed by atoms with Gasteiger partial charge >= 0.3 is 0 Å². The minimum absolute atomic E-state index is 0.135. The van der Waals surface area contributed by atoms with Crippen LogP contribution in [0.3, 0.4) is 0 Å². The van der Waals surface area contributed by atoms with Crippen LogP contribution in [0, 0.1) is 23.1 Å². The molecule has 1 amide bonds. The molecule has 2 fully saturated rings. The molecule has 2 heterocycles. The van der Waals surface area contributed by atoms with Gasteiger partial charge in [0.2, 0.25) is 5.91 Å². The maximum atomic E-state index is 14.8. The van der Waals surface area contributed by atoms with Crippen LogP contribution in [-0.4, -0.2) is 33.8 Å². The number of rotatable bonds is 5. The molecular weight excluding hydrogens is 381 g/mol. The van der Waals surface area contributed by atoms with Crippen LogP contribution in [0.25, 0.3) is 11.1 Å². The molecule has 2 aromatic rings. The summed E-state index contributed by atoms with van der Waals surface area (Å²) in [5.74, 6) is -0.191. The van der Waals surface area contributed by atoms with E-state index in [4.69, 9.17) is 0 Å². The molecule has 30 heavy (non-hydrogen) atoms. The molecule has 1 saturated heterocycles. The van der Waals surface area contributed by atoms with Gasteiger partial charge in [-0.25, -0.2) is 4.39 Å². The van der Waals surface area contributed by atoms with Crippen molar-refractivity contribution in [1.29, 1.82) is 5.26 Å². The Bertz CT molecular complexity index is 986. The van der Waals surface area contributed by atoms with Gasteiger partial charge < -0.3 is 10.6 Å². The van der Waals surface area contributed by atoms with Gasteiger partial charge in [-0.05, 0) is 63.1 Å². The maximum absolute atomic E-state index is 14.8. The fraction of sp³-hybridized carbons (Fsp3) is 0.522. The Morgan fingerprint density at radius 2 is 2.20 bits per heavy atom. The first kappa shape index (κ1) is 20.5. The second kappa shape index (κ2) is 7.84. The zero-order chi connectivity index (χ0) is 21.5. The van der Waals surface area contributed by atoms with Crippen molar-refractivity contribution in [3.05, 3.63) is 42.0 Å². The van der Waals surface area contributed by atoms with E-state index in [2.05, 4.69) is 42.6 Å². The largest absolute Gasteiger partial charge is 0.339 e. The van der Waals surface area contributed by atoms with Crippen molar-refractivity contribution >= 4 is 5.91 Å². The molecule has 0 unspecified atom stereocenters. The second-order valence-corrected chi connectivity index (χ2v) is 9.46. The Balaban J connectivity index is 1.43. The Labute approximate surface area is 176 Å². The molecule has 1 aromatic heterocycles. The van der Waals surface area contributed by atoms with E-state index in [0.29, 0.717) is 17.5 Å². The standard InChI is InChI=1S/C23H28FN5O/c1-23(2,3)29-13-17(12-26-29)14-4-5-15(20(24)10-14)8-19(11-25)28-22(30)21-16-6-7-18(9-16)27-21/h4-5,10,12-13,16,18-19,21,27H,6-9H2,1-3H3,(H,28,30)/t16-,18+,19-,21-/m0/s1. The van der Waals surface area contributed by atoms with Crippen LogP contribution in [0.4, 0.5) is 4.39 Å². The molecule has 2 aliphatic rings. The Morgan fingerprint density at radius 3 is 2.77 bits per heavy atom. The normalized spacial score (nSPS) is 23.9. The lowest BCUT2D eigenvalue weighted by molar-refractivity contribution is -0.124. The fourth-order valence-corrected chi connectivity index (χ4v) is 4.49. The monoisotopic (exact) mass is 409 g/mol. The average molecular weight is 410 g/mol. The van der Waals surface area contributed by atoms with Crippen molar-refractivity contribution in [1.82, 2.24) is 20.4 Å². The van der Waals surface area contributed by atoms with E-state index in [-0.39, 0.29) is 29.7 Å². The van der Waals surface area contributed by atoms with Crippen LogP contribution < -0.4 is 10.6 Å². The molecule has 0 radical (unpaired) electrons. The zero-order valence-corrected chi connectivity index (χ0v) is 17.7. The van der Waals surface area contributed by atoms with Gasteiger partial charge in [0, 0.05) is 24.2 Å². The number of amides is 1. The van der Waals surface area contributed by atoms with Gasteiger partial charge in [0.25, 0.3) is 0 Å². The molecule has 1 aliphatic carbocycles. The summed E-state index contributed by atoms with van der Waals surface area (Å²) in [5.41, 5.74) is 1.83.